The fourth-order valence-electron chi connectivity index (χ4n) is 2.20. The highest BCUT2D eigenvalue weighted by Gasteiger charge is 2.31. The molecule has 5 nitrogen and oxygen atoms in total. The highest BCUT2D eigenvalue weighted by atomic mass is 19.4. The van der Waals surface area contributed by atoms with E-state index < -0.39 is 18.5 Å². The van der Waals surface area contributed by atoms with E-state index in [2.05, 4.69) is 15.3 Å². The fraction of sp³-hybridized carbons (Fsp3) is 0.615. The predicted molar refractivity (Wildman–Crippen MR) is 70.7 cm³/mol. The van der Waals surface area contributed by atoms with Crippen molar-refractivity contribution in [2.45, 2.75) is 38.9 Å². The number of nitrogens with zero attached hydrogens (tertiary/aromatic N) is 3. The summed E-state index contributed by atoms with van der Waals surface area (Å²) in [5.41, 5.74) is 1.24. The van der Waals surface area contributed by atoms with Crippen LogP contribution in [0, 0.1) is 6.92 Å². The third-order valence-electron chi connectivity index (χ3n) is 3.11. The molecule has 0 radical (unpaired) electrons. The lowest BCUT2D eigenvalue weighted by atomic mass is 10.3. The second-order valence-electron chi connectivity index (χ2n) is 5.06. The maximum atomic E-state index is 12.1. The largest absolute Gasteiger partial charge is 0.397 e. The molecule has 1 aromatic rings. The standard InChI is InChI=1S/C13H17F3N4O/c1-9-6-10(8-17-11(21)7-13(14,15)16)19-12(18-9)20-4-2-3-5-20/h6H,2-5,7-8H2,1H3,(H,17,21). The lowest BCUT2D eigenvalue weighted by Gasteiger charge is -2.16. The van der Waals surface area contributed by atoms with Crippen molar-refractivity contribution in [3.63, 3.8) is 0 Å². The maximum Gasteiger partial charge on any atom is 0.397 e. The van der Waals surface area contributed by atoms with Gasteiger partial charge in [0.15, 0.2) is 0 Å². The summed E-state index contributed by atoms with van der Waals surface area (Å²) in [6.07, 6.45) is -3.81. The van der Waals surface area contributed by atoms with Crippen LogP contribution in [0.5, 0.6) is 0 Å². The maximum absolute atomic E-state index is 12.1. The van der Waals surface area contributed by atoms with E-state index in [0.29, 0.717) is 11.6 Å². The van der Waals surface area contributed by atoms with Crippen LogP contribution in [0.1, 0.15) is 30.7 Å². The fourth-order valence-corrected chi connectivity index (χ4v) is 2.20. The Balaban J connectivity index is 1.98. The van der Waals surface area contributed by atoms with E-state index in [1.807, 2.05) is 4.90 Å². The van der Waals surface area contributed by atoms with Gasteiger partial charge in [0.25, 0.3) is 0 Å². The number of carbonyl (C=O) groups excluding carboxylic acids is 1. The van der Waals surface area contributed by atoms with Crippen molar-refractivity contribution in [3.05, 3.63) is 17.5 Å². The second kappa shape index (κ2) is 6.28. The first-order valence-electron chi connectivity index (χ1n) is 6.76. The molecule has 1 aliphatic heterocycles. The van der Waals surface area contributed by atoms with Gasteiger partial charge in [-0.15, -0.1) is 0 Å². The molecule has 2 heterocycles. The molecule has 1 N–H and O–H groups in total. The van der Waals surface area contributed by atoms with Crippen molar-refractivity contribution in [1.82, 2.24) is 15.3 Å². The predicted octanol–water partition coefficient (Wildman–Crippen LogP) is 1.95. The molecule has 0 saturated carbocycles. The zero-order valence-corrected chi connectivity index (χ0v) is 11.7. The highest BCUT2D eigenvalue weighted by molar-refractivity contribution is 5.76. The molecule has 0 bridgehead atoms. The Morgan fingerprint density at radius 2 is 2.00 bits per heavy atom. The van der Waals surface area contributed by atoms with Crippen LogP contribution < -0.4 is 10.2 Å². The van der Waals surface area contributed by atoms with Gasteiger partial charge in [-0.2, -0.15) is 13.2 Å². The number of rotatable bonds is 4. The summed E-state index contributed by atoms with van der Waals surface area (Å²) in [7, 11) is 0. The Morgan fingerprint density at radius 1 is 1.33 bits per heavy atom. The summed E-state index contributed by atoms with van der Waals surface area (Å²) in [5, 5.41) is 2.23. The number of amides is 1. The van der Waals surface area contributed by atoms with Gasteiger partial charge in [0.2, 0.25) is 11.9 Å². The Labute approximate surface area is 120 Å². The van der Waals surface area contributed by atoms with Crippen LogP contribution in [0.25, 0.3) is 0 Å². The summed E-state index contributed by atoms with van der Waals surface area (Å²) < 4.78 is 36.2. The molecule has 1 aromatic heterocycles. The molecule has 2 rings (SSSR count). The van der Waals surface area contributed by atoms with Gasteiger partial charge in [-0.1, -0.05) is 0 Å². The van der Waals surface area contributed by atoms with Crippen LogP contribution in [0.2, 0.25) is 0 Å². The number of hydrogen-bond donors (Lipinski definition) is 1. The van der Waals surface area contributed by atoms with Crippen LogP contribution in [-0.2, 0) is 11.3 Å². The molecular weight excluding hydrogens is 285 g/mol. The van der Waals surface area contributed by atoms with Gasteiger partial charge >= 0.3 is 6.18 Å². The van der Waals surface area contributed by atoms with E-state index in [-0.39, 0.29) is 6.54 Å². The molecule has 0 spiro atoms. The van der Waals surface area contributed by atoms with Gasteiger partial charge in [-0.3, -0.25) is 4.79 Å². The van der Waals surface area contributed by atoms with Gasteiger partial charge in [0, 0.05) is 18.8 Å². The minimum atomic E-state index is -4.49. The quantitative estimate of drug-likeness (QED) is 0.923. The molecule has 1 fully saturated rings. The lowest BCUT2D eigenvalue weighted by Crippen LogP contribution is -2.29. The number of aryl methyl sites for hydroxylation is 1. The van der Waals surface area contributed by atoms with E-state index in [1.54, 1.807) is 13.0 Å². The average Bonchev–Trinajstić information content (AvgIpc) is 2.87. The van der Waals surface area contributed by atoms with E-state index in [0.717, 1.165) is 31.6 Å². The monoisotopic (exact) mass is 302 g/mol. The highest BCUT2D eigenvalue weighted by Crippen LogP contribution is 2.19. The first-order chi connectivity index (χ1) is 9.83. The zero-order valence-electron chi connectivity index (χ0n) is 11.7. The first-order valence-corrected chi connectivity index (χ1v) is 6.76. The van der Waals surface area contributed by atoms with Crippen molar-refractivity contribution in [1.29, 1.82) is 0 Å². The number of nitrogens with one attached hydrogen (secondary N) is 1. The molecule has 116 valence electrons. The molecule has 0 atom stereocenters. The molecule has 8 heteroatoms. The topological polar surface area (TPSA) is 58.1 Å². The third kappa shape index (κ3) is 4.87. The summed E-state index contributed by atoms with van der Waals surface area (Å²) in [5.74, 6) is -0.478. The van der Waals surface area contributed by atoms with Crippen molar-refractivity contribution >= 4 is 11.9 Å². The van der Waals surface area contributed by atoms with Crippen molar-refractivity contribution in [2.75, 3.05) is 18.0 Å². The number of carbonyl (C=O) groups is 1. The number of anilines is 1. The Bertz CT molecular complexity index is 513. The van der Waals surface area contributed by atoms with Crippen LogP contribution in [0.3, 0.4) is 0 Å². The van der Waals surface area contributed by atoms with E-state index in [4.69, 9.17) is 0 Å². The lowest BCUT2D eigenvalue weighted by molar-refractivity contribution is -0.153. The first kappa shape index (κ1) is 15.5. The van der Waals surface area contributed by atoms with Crippen LogP contribution in [0.15, 0.2) is 6.07 Å². The molecule has 21 heavy (non-hydrogen) atoms. The Morgan fingerprint density at radius 3 is 2.62 bits per heavy atom. The summed E-state index contributed by atoms with van der Waals surface area (Å²) >= 11 is 0. The van der Waals surface area contributed by atoms with Gasteiger partial charge < -0.3 is 10.2 Å². The zero-order chi connectivity index (χ0) is 15.5. The van der Waals surface area contributed by atoms with E-state index in [9.17, 15) is 18.0 Å². The number of aromatic nitrogens is 2. The third-order valence-corrected chi connectivity index (χ3v) is 3.11. The number of alkyl halides is 3. The molecule has 0 aliphatic carbocycles. The number of halogens is 3. The Hall–Kier alpha value is -1.86. The second-order valence-corrected chi connectivity index (χ2v) is 5.06. The molecule has 1 amide bonds. The summed E-state index contributed by atoms with van der Waals surface area (Å²) in [4.78, 5) is 21.8. The van der Waals surface area contributed by atoms with Gasteiger partial charge in [-0.05, 0) is 25.8 Å². The van der Waals surface area contributed by atoms with E-state index >= 15 is 0 Å². The Kier molecular flexibility index (Phi) is 4.64. The molecule has 1 saturated heterocycles. The SMILES string of the molecule is Cc1cc(CNC(=O)CC(F)(F)F)nc(N2CCCC2)n1. The molecule has 1 aliphatic rings. The van der Waals surface area contributed by atoms with E-state index in [1.165, 1.54) is 0 Å². The minimum Gasteiger partial charge on any atom is -0.350 e. The van der Waals surface area contributed by atoms with Crippen molar-refractivity contribution < 1.29 is 18.0 Å². The number of hydrogen-bond acceptors (Lipinski definition) is 4. The smallest absolute Gasteiger partial charge is 0.350 e. The normalized spacial score (nSPS) is 15.3. The van der Waals surface area contributed by atoms with Gasteiger partial charge in [0.05, 0.1) is 12.2 Å². The van der Waals surface area contributed by atoms with Crippen LogP contribution >= 0.6 is 0 Å². The van der Waals surface area contributed by atoms with Crippen LogP contribution in [-0.4, -0.2) is 35.1 Å². The minimum absolute atomic E-state index is 0.0287. The van der Waals surface area contributed by atoms with Crippen LogP contribution in [0.4, 0.5) is 19.1 Å². The average molecular weight is 302 g/mol. The summed E-state index contributed by atoms with van der Waals surface area (Å²) in [6.45, 7) is 3.52. The van der Waals surface area contributed by atoms with Gasteiger partial charge in [0.1, 0.15) is 6.42 Å². The summed E-state index contributed by atoms with van der Waals surface area (Å²) in [6, 6.07) is 1.66. The molecular formula is C13H17F3N4O. The van der Waals surface area contributed by atoms with Crippen molar-refractivity contribution in [3.8, 4) is 0 Å². The van der Waals surface area contributed by atoms with Crippen molar-refractivity contribution in [2.24, 2.45) is 0 Å². The van der Waals surface area contributed by atoms with Gasteiger partial charge in [-0.25, -0.2) is 9.97 Å². The molecule has 0 unspecified atom stereocenters. The molecule has 0 aromatic carbocycles.